The van der Waals surface area contributed by atoms with Crippen molar-refractivity contribution in [2.24, 2.45) is 0 Å². The molecule has 2 N–H and O–H groups in total. The Morgan fingerprint density at radius 2 is 2.19 bits per heavy atom. The Balaban J connectivity index is 2.61. The number of rotatable bonds is 5. The quantitative estimate of drug-likeness (QED) is 0.874. The third-order valence-corrected chi connectivity index (χ3v) is 2.25. The number of halogens is 3. The summed E-state index contributed by atoms with van der Waals surface area (Å²) >= 11 is 3.13. The first-order chi connectivity index (χ1) is 7.50. The molecule has 0 heterocycles. The van der Waals surface area contributed by atoms with E-state index in [-0.39, 0.29) is 12.1 Å². The van der Waals surface area contributed by atoms with E-state index >= 15 is 0 Å². The molecular weight excluding hydrogens is 280 g/mol. The molecule has 0 spiro atoms. The first-order valence-corrected chi connectivity index (χ1v) is 5.47. The molecule has 0 saturated carbocycles. The van der Waals surface area contributed by atoms with Gasteiger partial charge in [-0.2, -0.15) is 0 Å². The lowest BCUT2D eigenvalue weighted by Crippen LogP contribution is -2.23. The number of nitrogens with one attached hydrogen (secondary N) is 1. The fourth-order valence-corrected chi connectivity index (χ4v) is 1.42. The van der Waals surface area contributed by atoms with E-state index in [0.717, 1.165) is 22.7 Å². The van der Waals surface area contributed by atoms with Gasteiger partial charge in [-0.05, 0) is 18.2 Å². The Morgan fingerprint density at radius 3 is 2.81 bits per heavy atom. The van der Waals surface area contributed by atoms with Crippen molar-refractivity contribution < 1.29 is 13.9 Å². The normalized spacial score (nSPS) is 12.5. The summed E-state index contributed by atoms with van der Waals surface area (Å²) in [5.74, 6) is -1.19. The SMILES string of the molecule is C=C(Br)CNCC(O)c1cc(F)ccc1F. The highest BCUT2D eigenvalue weighted by molar-refractivity contribution is 9.11. The molecule has 1 rings (SSSR count). The van der Waals surface area contributed by atoms with Gasteiger partial charge in [0.2, 0.25) is 0 Å². The van der Waals surface area contributed by atoms with Crippen LogP contribution in [0.15, 0.2) is 29.3 Å². The lowest BCUT2D eigenvalue weighted by Gasteiger charge is -2.12. The summed E-state index contributed by atoms with van der Waals surface area (Å²) in [6.07, 6.45) is -1.08. The number of aliphatic hydroxyl groups is 1. The van der Waals surface area contributed by atoms with Crippen LogP contribution in [-0.2, 0) is 0 Å². The van der Waals surface area contributed by atoms with Gasteiger partial charge < -0.3 is 10.4 Å². The van der Waals surface area contributed by atoms with E-state index in [1.807, 2.05) is 0 Å². The minimum absolute atomic E-state index is 0.0484. The molecule has 88 valence electrons. The van der Waals surface area contributed by atoms with Crippen molar-refractivity contribution in [1.29, 1.82) is 0 Å². The van der Waals surface area contributed by atoms with E-state index in [1.54, 1.807) is 0 Å². The molecule has 2 nitrogen and oxygen atoms in total. The van der Waals surface area contributed by atoms with E-state index in [0.29, 0.717) is 6.54 Å². The van der Waals surface area contributed by atoms with Gasteiger partial charge in [-0.15, -0.1) is 0 Å². The topological polar surface area (TPSA) is 32.3 Å². The number of hydrogen-bond acceptors (Lipinski definition) is 2. The van der Waals surface area contributed by atoms with Gasteiger partial charge in [0.25, 0.3) is 0 Å². The summed E-state index contributed by atoms with van der Waals surface area (Å²) in [4.78, 5) is 0. The Labute approximate surface area is 101 Å². The Kier molecular flexibility index (Phi) is 5.05. The highest BCUT2D eigenvalue weighted by Crippen LogP contribution is 2.17. The molecule has 0 aliphatic heterocycles. The molecule has 0 aliphatic rings. The second-order valence-electron chi connectivity index (χ2n) is 3.33. The molecular formula is C11H12BrF2NO. The Morgan fingerprint density at radius 1 is 1.50 bits per heavy atom. The number of benzene rings is 1. The van der Waals surface area contributed by atoms with Crippen LogP contribution < -0.4 is 5.32 Å². The highest BCUT2D eigenvalue weighted by Gasteiger charge is 2.13. The van der Waals surface area contributed by atoms with Crippen molar-refractivity contribution in [1.82, 2.24) is 5.32 Å². The van der Waals surface area contributed by atoms with Crippen molar-refractivity contribution in [3.63, 3.8) is 0 Å². The van der Waals surface area contributed by atoms with E-state index in [2.05, 4.69) is 27.8 Å². The summed E-state index contributed by atoms with van der Waals surface area (Å²) in [6.45, 7) is 4.18. The monoisotopic (exact) mass is 291 g/mol. The van der Waals surface area contributed by atoms with Gasteiger partial charge in [-0.3, -0.25) is 0 Å². The molecule has 0 fully saturated rings. The second-order valence-corrected chi connectivity index (χ2v) is 4.45. The highest BCUT2D eigenvalue weighted by atomic mass is 79.9. The number of aliphatic hydroxyl groups excluding tert-OH is 1. The van der Waals surface area contributed by atoms with E-state index in [9.17, 15) is 13.9 Å². The molecule has 1 aromatic carbocycles. The summed E-state index contributed by atoms with van der Waals surface area (Å²) in [6, 6.07) is 3.00. The maximum absolute atomic E-state index is 13.2. The minimum Gasteiger partial charge on any atom is -0.387 e. The summed E-state index contributed by atoms with van der Waals surface area (Å²) in [5.41, 5.74) is -0.0484. The fraction of sp³-hybridized carbons (Fsp3) is 0.273. The van der Waals surface area contributed by atoms with Crippen LogP contribution in [0.5, 0.6) is 0 Å². The summed E-state index contributed by atoms with van der Waals surface area (Å²) in [7, 11) is 0. The molecule has 0 radical (unpaired) electrons. The van der Waals surface area contributed by atoms with E-state index < -0.39 is 17.7 Å². The molecule has 0 aliphatic carbocycles. The lowest BCUT2D eigenvalue weighted by molar-refractivity contribution is 0.171. The zero-order valence-electron chi connectivity index (χ0n) is 8.51. The van der Waals surface area contributed by atoms with Crippen molar-refractivity contribution in [3.05, 3.63) is 46.5 Å². The van der Waals surface area contributed by atoms with Gasteiger partial charge in [0.15, 0.2) is 0 Å². The molecule has 1 atom stereocenters. The summed E-state index contributed by atoms with van der Waals surface area (Å²) in [5, 5.41) is 12.5. The average molecular weight is 292 g/mol. The van der Waals surface area contributed by atoms with Gasteiger partial charge in [0, 0.05) is 23.1 Å². The van der Waals surface area contributed by atoms with Gasteiger partial charge in [-0.1, -0.05) is 22.5 Å². The van der Waals surface area contributed by atoms with Crippen molar-refractivity contribution in [3.8, 4) is 0 Å². The van der Waals surface area contributed by atoms with Crippen molar-refractivity contribution in [2.45, 2.75) is 6.10 Å². The fourth-order valence-electron chi connectivity index (χ4n) is 1.22. The van der Waals surface area contributed by atoms with Crippen LogP contribution in [0, 0.1) is 11.6 Å². The van der Waals surface area contributed by atoms with Crippen LogP contribution in [-0.4, -0.2) is 18.2 Å². The molecule has 1 unspecified atom stereocenters. The van der Waals surface area contributed by atoms with E-state index in [4.69, 9.17) is 0 Å². The molecule has 0 saturated heterocycles. The Hall–Kier alpha value is -0.780. The lowest BCUT2D eigenvalue weighted by atomic mass is 10.1. The molecule has 0 aromatic heterocycles. The molecule has 0 bridgehead atoms. The summed E-state index contributed by atoms with van der Waals surface area (Å²) < 4.78 is 26.8. The van der Waals surface area contributed by atoms with Crippen LogP contribution in [0.4, 0.5) is 8.78 Å². The minimum atomic E-state index is -1.08. The van der Waals surface area contributed by atoms with Crippen LogP contribution >= 0.6 is 15.9 Å². The average Bonchev–Trinajstić information content (AvgIpc) is 2.21. The van der Waals surface area contributed by atoms with Crippen LogP contribution in [0.25, 0.3) is 0 Å². The predicted molar refractivity (Wildman–Crippen MR) is 62.3 cm³/mol. The second kappa shape index (κ2) is 6.08. The zero-order valence-corrected chi connectivity index (χ0v) is 10.1. The van der Waals surface area contributed by atoms with Gasteiger partial charge in [0.05, 0.1) is 6.10 Å². The first-order valence-electron chi connectivity index (χ1n) is 4.67. The standard InChI is InChI=1S/C11H12BrF2NO/c1-7(12)5-15-6-11(16)9-4-8(13)2-3-10(9)14/h2-4,11,15-16H,1,5-6H2. The van der Waals surface area contributed by atoms with Crippen LogP contribution in [0.2, 0.25) is 0 Å². The van der Waals surface area contributed by atoms with E-state index in [1.165, 1.54) is 0 Å². The molecule has 5 heteroatoms. The van der Waals surface area contributed by atoms with Gasteiger partial charge >= 0.3 is 0 Å². The van der Waals surface area contributed by atoms with Gasteiger partial charge in [-0.25, -0.2) is 8.78 Å². The molecule has 0 amide bonds. The van der Waals surface area contributed by atoms with Crippen LogP contribution in [0.1, 0.15) is 11.7 Å². The van der Waals surface area contributed by atoms with Gasteiger partial charge in [0.1, 0.15) is 11.6 Å². The molecule has 16 heavy (non-hydrogen) atoms. The van der Waals surface area contributed by atoms with Crippen LogP contribution in [0.3, 0.4) is 0 Å². The molecule has 1 aromatic rings. The zero-order chi connectivity index (χ0) is 12.1. The largest absolute Gasteiger partial charge is 0.387 e. The van der Waals surface area contributed by atoms with Crippen molar-refractivity contribution >= 4 is 15.9 Å². The number of hydrogen-bond donors (Lipinski definition) is 2. The third kappa shape index (κ3) is 4.00. The third-order valence-electron chi connectivity index (χ3n) is 1.97. The van der Waals surface area contributed by atoms with Crippen molar-refractivity contribution in [2.75, 3.05) is 13.1 Å². The maximum Gasteiger partial charge on any atom is 0.129 e. The smallest absolute Gasteiger partial charge is 0.129 e. The Bertz CT molecular complexity index is 384. The first kappa shape index (κ1) is 13.3. The predicted octanol–water partition coefficient (Wildman–Crippen LogP) is 2.50. The maximum atomic E-state index is 13.2.